The molecule has 5 nitrogen and oxygen atoms in total. The van der Waals surface area contributed by atoms with Gasteiger partial charge in [0.05, 0.1) is 12.0 Å². The lowest BCUT2D eigenvalue weighted by Gasteiger charge is -2.09. The van der Waals surface area contributed by atoms with Crippen molar-refractivity contribution >= 4 is 34.8 Å². The summed E-state index contributed by atoms with van der Waals surface area (Å²) in [7, 11) is 0. The first kappa shape index (κ1) is 16.0. The molecule has 2 N–H and O–H groups in total. The summed E-state index contributed by atoms with van der Waals surface area (Å²) < 4.78 is 5.57. The molecule has 4 rings (SSSR count). The molecule has 6 heteroatoms. The molecule has 0 saturated heterocycles. The summed E-state index contributed by atoms with van der Waals surface area (Å²) in [6.45, 7) is 2.05. The number of nitrogens with zero attached hydrogens (tertiary/aromatic N) is 1. The van der Waals surface area contributed by atoms with E-state index in [1.807, 2.05) is 42.6 Å². The molecule has 1 fully saturated rings. The van der Waals surface area contributed by atoms with Crippen molar-refractivity contribution in [2.75, 3.05) is 11.1 Å². The third kappa shape index (κ3) is 3.49. The summed E-state index contributed by atoms with van der Waals surface area (Å²) >= 11 is 1.42. The van der Waals surface area contributed by atoms with Crippen LogP contribution in [0.2, 0.25) is 0 Å². The largest absolute Gasteiger partial charge is 0.426 e. The van der Waals surface area contributed by atoms with Crippen molar-refractivity contribution in [1.29, 1.82) is 0 Å². The Morgan fingerprint density at radius 3 is 2.84 bits per heavy atom. The molecule has 3 aromatic rings. The summed E-state index contributed by atoms with van der Waals surface area (Å²) in [6, 6.07) is 11.9. The Kier molecular flexibility index (Phi) is 4.36. The maximum atomic E-state index is 12.1. The van der Waals surface area contributed by atoms with Gasteiger partial charge in [-0.15, -0.1) is 0 Å². The fraction of sp³-hybridized carbons (Fsp3) is 0.263. The Morgan fingerprint density at radius 2 is 2.12 bits per heavy atom. The fourth-order valence-electron chi connectivity index (χ4n) is 2.73. The molecule has 0 aliphatic heterocycles. The highest BCUT2D eigenvalue weighted by Gasteiger charge is 2.30. The summed E-state index contributed by atoms with van der Waals surface area (Å²) in [5, 5.41) is 3.97. The lowest BCUT2D eigenvalue weighted by Crippen LogP contribution is -2.14. The first-order chi connectivity index (χ1) is 12.2. The molecular formula is C19H19N3O2S. The second-order valence-corrected chi connectivity index (χ2v) is 7.05. The number of anilines is 1. The minimum absolute atomic E-state index is 0.0599. The SMILES string of the molecule is CCSOc1ccc(-c2cc(NC(=O)C3CC3)nc3[nH]ccc23)cc1. The van der Waals surface area contributed by atoms with Crippen LogP contribution in [0.3, 0.4) is 0 Å². The molecule has 1 amide bonds. The zero-order valence-corrected chi connectivity index (χ0v) is 14.7. The molecule has 0 bridgehead atoms. The number of rotatable bonds is 6. The topological polar surface area (TPSA) is 67.0 Å². The second-order valence-electron chi connectivity index (χ2n) is 6.07. The first-order valence-corrected chi connectivity index (χ1v) is 9.34. The van der Waals surface area contributed by atoms with Crippen molar-refractivity contribution in [2.24, 2.45) is 5.92 Å². The Labute approximate surface area is 150 Å². The number of aromatic nitrogens is 2. The highest BCUT2D eigenvalue weighted by Crippen LogP contribution is 2.33. The number of nitrogens with one attached hydrogen (secondary N) is 2. The van der Waals surface area contributed by atoms with E-state index in [1.54, 1.807) is 0 Å². The lowest BCUT2D eigenvalue weighted by molar-refractivity contribution is -0.117. The number of carbonyl (C=O) groups is 1. The number of fused-ring (bicyclic) bond motifs is 1. The van der Waals surface area contributed by atoms with Crippen LogP contribution < -0.4 is 9.50 Å². The van der Waals surface area contributed by atoms with Gasteiger partial charge < -0.3 is 14.5 Å². The van der Waals surface area contributed by atoms with Gasteiger partial charge in [0.1, 0.15) is 17.2 Å². The van der Waals surface area contributed by atoms with Gasteiger partial charge in [-0.25, -0.2) is 4.98 Å². The van der Waals surface area contributed by atoms with Gasteiger partial charge in [0.25, 0.3) is 0 Å². The number of benzene rings is 1. The van der Waals surface area contributed by atoms with E-state index >= 15 is 0 Å². The zero-order chi connectivity index (χ0) is 17.2. The maximum Gasteiger partial charge on any atom is 0.228 e. The molecule has 1 aromatic carbocycles. The number of aromatic amines is 1. The molecule has 0 atom stereocenters. The van der Waals surface area contributed by atoms with E-state index in [0.717, 1.165) is 46.5 Å². The smallest absolute Gasteiger partial charge is 0.228 e. The minimum atomic E-state index is 0.0599. The molecule has 1 saturated carbocycles. The molecule has 0 spiro atoms. The number of hydrogen-bond acceptors (Lipinski definition) is 4. The van der Waals surface area contributed by atoms with E-state index in [9.17, 15) is 4.79 Å². The highest BCUT2D eigenvalue weighted by molar-refractivity contribution is 7.94. The predicted octanol–water partition coefficient (Wildman–Crippen LogP) is 4.63. The number of amides is 1. The standard InChI is InChI=1S/C19H19N3O2S/c1-2-25-24-14-7-5-12(6-8-14)16-11-17(22-19(23)13-3-4-13)21-18-15(16)9-10-20-18/h5-11,13H,2-4H2,1H3,(H2,20,21,22,23). The lowest BCUT2D eigenvalue weighted by atomic mass is 10.0. The van der Waals surface area contributed by atoms with Crippen molar-refractivity contribution in [3.05, 3.63) is 42.6 Å². The Morgan fingerprint density at radius 1 is 1.32 bits per heavy atom. The van der Waals surface area contributed by atoms with Crippen LogP contribution in [0.25, 0.3) is 22.2 Å². The van der Waals surface area contributed by atoms with E-state index in [4.69, 9.17) is 4.18 Å². The summed E-state index contributed by atoms with van der Waals surface area (Å²) in [6.07, 6.45) is 3.81. The molecule has 128 valence electrons. The number of hydrogen-bond donors (Lipinski definition) is 2. The molecule has 2 heterocycles. The normalized spacial score (nSPS) is 13.8. The van der Waals surface area contributed by atoms with Gasteiger partial charge in [-0.05, 0) is 48.2 Å². The van der Waals surface area contributed by atoms with Crippen LogP contribution in [-0.2, 0) is 4.79 Å². The average molecular weight is 353 g/mol. The van der Waals surface area contributed by atoms with Crippen molar-refractivity contribution in [3.8, 4) is 16.9 Å². The van der Waals surface area contributed by atoms with Crippen molar-refractivity contribution in [2.45, 2.75) is 19.8 Å². The van der Waals surface area contributed by atoms with Crippen LogP contribution in [0.1, 0.15) is 19.8 Å². The third-order valence-electron chi connectivity index (χ3n) is 4.17. The van der Waals surface area contributed by atoms with Crippen LogP contribution in [-0.4, -0.2) is 21.6 Å². The van der Waals surface area contributed by atoms with E-state index in [0.29, 0.717) is 5.82 Å². The van der Waals surface area contributed by atoms with Crippen molar-refractivity contribution in [3.63, 3.8) is 0 Å². The van der Waals surface area contributed by atoms with Gasteiger partial charge in [-0.3, -0.25) is 4.79 Å². The second kappa shape index (κ2) is 6.80. The van der Waals surface area contributed by atoms with Crippen LogP contribution in [0, 0.1) is 5.92 Å². The molecule has 0 unspecified atom stereocenters. The van der Waals surface area contributed by atoms with Crippen LogP contribution in [0.4, 0.5) is 5.82 Å². The number of carbonyl (C=O) groups excluding carboxylic acids is 1. The Balaban J connectivity index is 1.67. The Bertz CT molecular complexity index is 901. The van der Waals surface area contributed by atoms with E-state index in [1.165, 1.54) is 12.0 Å². The molecule has 25 heavy (non-hydrogen) atoms. The molecule has 1 aliphatic rings. The van der Waals surface area contributed by atoms with Gasteiger partial charge in [-0.2, -0.15) is 0 Å². The van der Waals surface area contributed by atoms with Gasteiger partial charge in [0.15, 0.2) is 0 Å². The predicted molar refractivity (Wildman–Crippen MR) is 102 cm³/mol. The molecule has 2 aromatic heterocycles. The average Bonchev–Trinajstić information content (AvgIpc) is 3.38. The molecule has 0 radical (unpaired) electrons. The zero-order valence-electron chi connectivity index (χ0n) is 13.9. The first-order valence-electron chi connectivity index (χ1n) is 8.43. The number of H-pyrrole nitrogens is 1. The third-order valence-corrected chi connectivity index (χ3v) is 4.71. The van der Waals surface area contributed by atoms with Crippen LogP contribution >= 0.6 is 12.0 Å². The summed E-state index contributed by atoms with van der Waals surface area (Å²) in [4.78, 5) is 19.7. The highest BCUT2D eigenvalue weighted by atomic mass is 32.2. The van der Waals surface area contributed by atoms with Gasteiger partial charge in [0.2, 0.25) is 5.91 Å². The van der Waals surface area contributed by atoms with Gasteiger partial charge in [0, 0.05) is 23.3 Å². The van der Waals surface area contributed by atoms with Gasteiger partial charge >= 0.3 is 0 Å². The summed E-state index contributed by atoms with van der Waals surface area (Å²) in [5.74, 6) is 2.53. The number of pyridine rings is 1. The van der Waals surface area contributed by atoms with E-state index in [-0.39, 0.29) is 11.8 Å². The van der Waals surface area contributed by atoms with Gasteiger partial charge in [-0.1, -0.05) is 19.1 Å². The van der Waals surface area contributed by atoms with Crippen molar-refractivity contribution < 1.29 is 8.98 Å². The van der Waals surface area contributed by atoms with E-state index < -0.39 is 0 Å². The maximum absolute atomic E-state index is 12.1. The molecule has 1 aliphatic carbocycles. The van der Waals surface area contributed by atoms with E-state index in [2.05, 4.69) is 22.2 Å². The van der Waals surface area contributed by atoms with Crippen LogP contribution in [0.15, 0.2) is 42.6 Å². The Hall–Kier alpha value is -2.47. The minimum Gasteiger partial charge on any atom is -0.426 e. The van der Waals surface area contributed by atoms with Crippen molar-refractivity contribution in [1.82, 2.24) is 9.97 Å². The monoisotopic (exact) mass is 353 g/mol. The van der Waals surface area contributed by atoms with Crippen LogP contribution in [0.5, 0.6) is 5.75 Å². The quantitative estimate of drug-likeness (QED) is 0.634. The fourth-order valence-corrected chi connectivity index (χ4v) is 3.10. The summed E-state index contributed by atoms with van der Waals surface area (Å²) in [5.41, 5.74) is 2.86. The molecular weight excluding hydrogens is 334 g/mol.